The number of carbonyl (C=O) groups excluding carboxylic acids is 5. The summed E-state index contributed by atoms with van der Waals surface area (Å²) in [5.41, 5.74) is 2.23. The van der Waals surface area contributed by atoms with E-state index in [1.165, 1.54) is 59.1 Å². The molecule has 0 saturated heterocycles. The van der Waals surface area contributed by atoms with Crippen molar-refractivity contribution in [1.82, 2.24) is 4.57 Å². The maximum Gasteiger partial charge on any atom is 0.308 e. The van der Waals surface area contributed by atoms with Crippen molar-refractivity contribution in [3.05, 3.63) is 66.4 Å². The molecule has 4 rings (SSSR count). The van der Waals surface area contributed by atoms with Crippen molar-refractivity contribution in [2.45, 2.75) is 34.2 Å². The molecule has 0 radical (unpaired) electrons. The number of carbonyl (C=O) groups is 5. The predicted molar refractivity (Wildman–Crippen MR) is 150 cm³/mol. The smallest absolute Gasteiger partial charge is 0.308 e. The van der Waals surface area contributed by atoms with Gasteiger partial charge in [0.1, 0.15) is 5.75 Å². The first kappa shape index (κ1) is 29.5. The highest BCUT2D eigenvalue weighted by Gasteiger charge is 2.19. The molecule has 0 N–H and O–H groups in total. The summed E-state index contributed by atoms with van der Waals surface area (Å²) in [7, 11) is 1.53. The Bertz CT molecular complexity index is 1730. The molecule has 0 fully saturated rings. The van der Waals surface area contributed by atoms with Crippen LogP contribution in [-0.2, 0) is 25.7 Å². The molecule has 0 atom stereocenters. The molecule has 3 aromatic carbocycles. The molecule has 216 valence electrons. The van der Waals surface area contributed by atoms with Gasteiger partial charge in [0.15, 0.2) is 28.8 Å². The number of aromatic nitrogens is 1. The maximum atomic E-state index is 13.4. The van der Waals surface area contributed by atoms with Crippen LogP contribution in [0.1, 0.15) is 38.1 Å². The fourth-order valence-electron chi connectivity index (χ4n) is 4.31. The lowest BCUT2D eigenvalue weighted by Crippen LogP contribution is -2.12. The Morgan fingerprint density at radius 3 is 1.76 bits per heavy atom. The van der Waals surface area contributed by atoms with Crippen molar-refractivity contribution >= 4 is 40.6 Å². The number of methoxy groups -OCH3 is 1. The van der Waals surface area contributed by atoms with Crippen LogP contribution in [0, 0.1) is 0 Å². The van der Waals surface area contributed by atoms with Gasteiger partial charge in [-0.25, -0.2) is 0 Å². The normalized spacial score (nSPS) is 10.6. The molecule has 0 aliphatic carbocycles. The average Bonchev–Trinajstić information content (AvgIpc) is 3.26. The topological polar surface area (TPSA) is 136 Å². The zero-order valence-electron chi connectivity index (χ0n) is 23.5. The van der Waals surface area contributed by atoms with Crippen LogP contribution in [-0.4, -0.2) is 41.3 Å². The fraction of sp³-hybridized carbons (Fsp3) is 0.194. The molecule has 0 spiro atoms. The third-order valence-corrected chi connectivity index (χ3v) is 5.94. The van der Waals surface area contributed by atoms with E-state index in [2.05, 4.69) is 0 Å². The van der Waals surface area contributed by atoms with Crippen LogP contribution in [0.4, 0.5) is 0 Å². The molecule has 1 aromatic heterocycles. The van der Waals surface area contributed by atoms with Gasteiger partial charge in [0, 0.05) is 56.5 Å². The standard InChI is InChI=1S/C31H27NO10/c1-17(33)39-28-10-6-21(12-30(28)41-19(3)35)25-15-32(26-14-23(38-5)8-9-24(25)26)16-27(37)22-7-11-29(40-18(2)34)31(13-22)42-20(4)36/h6-15H,16H2,1-5H3. The summed E-state index contributed by atoms with van der Waals surface area (Å²) >= 11 is 0. The maximum absolute atomic E-state index is 13.4. The van der Waals surface area contributed by atoms with Crippen LogP contribution in [0.15, 0.2) is 60.8 Å². The predicted octanol–water partition coefficient (Wildman–Crippen LogP) is 4.90. The van der Waals surface area contributed by atoms with E-state index >= 15 is 0 Å². The Balaban J connectivity index is 1.77. The molecule has 0 amide bonds. The number of ether oxygens (including phenoxy) is 5. The fourth-order valence-corrected chi connectivity index (χ4v) is 4.31. The molecule has 0 unspecified atom stereocenters. The van der Waals surface area contributed by atoms with Gasteiger partial charge in [-0.15, -0.1) is 0 Å². The summed E-state index contributed by atoms with van der Waals surface area (Å²) in [4.78, 5) is 59.8. The SMILES string of the molecule is COc1ccc2c(-c3ccc(OC(C)=O)c(OC(C)=O)c3)cn(CC(=O)c3ccc(OC(C)=O)c(OC(C)=O)c3)c2c1. The van der Waals surface area contributed by atoms with Gasteiger partial charge in [-0.05, 0) is 48.0 Å². The van der Waals surface area contributed by atoms with E-state index in [4.69, 9.17) is 23.7 Å². The monoisotopic (exact) mass is 573 g/mol. The third kappa shape index (κ3) is 6.81. The largest absolute Gasteiger partial charge is 0.497 e. The van der Waals surface area contributed by atoms with E-state index in [1.807, 2.05) is 6.07 Å². The zero-order valence-corrected chi connectivity index (χ0v) is 23.5. The average molecular weight is 574 g/mol. The zero-order chi connectivity index (χ0) is 30.6. The minimum Gasteiger partial charge on any atom is -0.497 e. The number of ketones is 1. The summed E-state index contributed by atoms with van der Waals surface area (Å²) in [5.74, 6) is -2.09. The quantitative estimate of drug-likeness (QED) is 0.154. The van der Waals surface area contributed by atoms with E-state index in [9.17, 15) is 24.0 Å². The first-order chi connectivity index (χ1) is 19.9. The van der Waals surface area contributed by atoms with Crippen molar-refractivity contribution < 1.29 is 47.7 Å². The van der Waals surface area contributed by atoms with Crippen LogP contribution >= 0.6 is 0 Å². The van der Waals surface area contributed by atoms with E-state index in [0.29, 0.717) is 22.4 Å². The van der Waals surface area contributed by atoms with Crippen LogP contribution in [0.25, 0.3) is 22.0 Å². The van der Waals surface area contributed by atoms with Gasteiger partial charge in [0.25, 0.3) is 0 Å². The molecule has 42 heavy (non-hydrogen) atoms. The van der Waals surface area contributed by atoms with E-state index < -0.39 is 23.9 Å². The highest BCUT2D eigenvalue weighted by molar-refractivity contribution is 6.01. The van der Waals surface area contributed by atoms with Crippen LogP contribution in [0.5, 0.6) is 28.7 Å². The number of Topliss-reactive ketones (excluding diaryl/α,β-unsaturated/α-hetero) is 1. The Kier molecular flexibility index (Phi) is 8.70. The van der Waals surface area contributed by atoms with Gasteiger partial charge in [0.05, 0.1) is 19.2 Å². The van der Waals surface area contributed by atoms with Crippen LogP contribution < -0.4 is 23.7 Å². The molecular weight excluding hydrogens is 546 g/mol. The van der Waals surface area contributed by atoms with Crippen molar-refractivity contribution in [3.8, 4) is 39.9 Å². The summed E-state index contributed by atoms with van der Waals surface area (Å²) in [5, 5.41) is 0.767. The summed E-state index contributed by atoms with van der Waals surface area (Å²) in [6.45, 7) is 4.76. The van der Waals surface area contributed by atoms with Crippen molar-refractivity contribution in [2.24, 2.45) is 0 Å². The first-order valence-electron chi connectivity index (χ1n) is 12.7. The lowest BCUT2D eigenvalue weighted by molar-refractivity contribution is -0.134. The third-order valence-electron chi connectivity index (χ3n) is 5.94. The molecule has 0 aliphatic heterocycles. The Hall–Kier alpha value is -5.45. The van der Waals surface area contributed by atoms with Gasteiger partial charge in [0.2, 0.25) is 0 Å². The Labute approximate surface area is 240 Å². The second kappa shape index (κ2) is 12.4. The minimum absolute atomic E-state index is 0.00784. The number of nitrogens with zero attached hydrogens (tertiary/aromatic N) is 1. The summed E-state index contributed by atoms with van der Waals surface area (Å²) in [6, 6.07) is 14.4. The molecule has 0 bridgehead atoms. The van der Waals surface area contributed by atoms with Crippen LogP contribution in [0.2, 0.25) is 0 Å². The Morgan fingerprint density at radius 2 is 1.19 bits per heavy atom. The number of fused-ring (bicyclic) bond motifs is 1. The van der Waals surface area contributed by atoms with Gasteiger partial charge >= 0.3 is 23.9 Å². The first-order valence-corrected chi connectivity index (χ1v) is 12.7. The van der Waals surface area contributed by atoms with Crippen molar-refractivity contribution in [1.29, 1.82) is 0 Å². The lowest BCUT2D eigenvalue weighted by Gasteiger charge is -2.11. The number of hydrogen-bond donors (Lipinski definition) is 0. The molecule has 4 aromatic rings. The van der Waals surface area contributed by atoms with E-state index in [1.54, 1.807) is 35.0 Å². The van der Waals surface area contributed by atoms with Gasteiger partial charge in [-0.3, -0.25) is 24.0 Å². The lowest BCUT2D eigenvalue weighted by atomic mass is 10.0. The highest BCUT2D eigenvalue weighted by atomic mass is 16.6. The van der Waals surface area contributed by atoms with Gasteiger partial charge < -0.3 is 28.3 Å². The molecule has 0 saturated carbocycles. The molecule has 11 nitrogen and oxygen atoms in total. The molecule has 11 heteroatoms. The summed E-state index contributed by atoms with van der Waals surface area (Å²) in [6.07, 6.45) is 1.76. The van der Waals surface area contributed by atoms with E-state index in [-0.39, 0.29) is 40.9 Å². The molecule has 0 aliphatic rings. The molecule has 1 heterocycles. The number of esters is 4. The molecular formula is C31H27NO10. The number of benzene rings is 3. The van der Waals surface area contributed by atoms with Crippen molar-refractivity contribution in [2.75, 3.05) is 7.11 Å². The highest BCUT2D eigenvalue weighted by Crippen LogP contribution is 2.38. The minimum atomic E-state index is -0.644. The number of rotatable bonds is 9. The Morgan fingerprint density at radius 1 is 0.643 bits per heavy atom. The van der Waals surface area contributed by atoms with Crippen molar-refractivity contribution in [3.63, 3.8) is 0 Å². The van der Waals surface area contributed by atoms with Crippen LogP contribution in [0.3, 0.4) is 0 Å². The second-order valence-corrected chi connectivity index (χ2v) is 9.17. The van der Waals surface area contributed by atoms with E-state index in [0.717, 1.165) is 5.39 Å². The number of hydrogen-bond acceptors (Lipinski definition) is 10. The second-order valence-electron chi connectivity index (χ2n) is 9.17. The summed E-state index contributed by atoms with van der Waals surface area (Å²) < 4.78 is 27.9. The van der Waals surface area contributed by atoms with Gasteiger partial charge in [-0.1, -0.05) is 6.07 Å². The van der Waals surface area contributed by atoms with Gasteiger partial charge in [-0.2, -0.15) is 0 Å².